The van der Waals surface area contributed by atoms with E-state index in [4.69, 9.17) is 25.8 Å². The number of hydrogen-bond acceptors (Lipinski definition) is 7. The number of thiophene rings is 1. The Hall–Kier alpha value is -1.31. The van der Waals surface area contributed by atoms with Gasteiger partial charge < -0.3 is 14.2 Å². The Balaban J connectivity index is 1.85. The molecule has 0 spiro atoms. The number of ether oxygens (including phenoxy) is 3. The predicted octanol–water partition coefficient (Wildman–Crippen LogP) is 3.40. The van der Waals surface area contributed by atoms with Crippen molar-refractivity contribution in [2.24, 2.45) is 0 Å². The van der Waals surface area contributed by atoms with Crippen LogP contribution in [0.4, 0.5) is 0 Å². The standard InChI is InChI=1S/C13H12ClNO4S2/c1-2-17-9(16)5-8-15-7(6-20-8)12-10-11(13(14)21-12)19-4-3-18-10/h6H,2-5H2,1H3. The molecule has 0 N–H and O–H groups in total. The second-order valence-electron chi connectivity index (χ2n) is 4.17. The molecule has 0 bridgehead atoms. The highest BCUT2D eigenvalue weighted by Gasteiger charge is 2.26. The van der Waals surface area contributed by atoms with Crippen molar-refractivity contribution < 1.29 is 19.0 Å². The lowest BCUT2D eigenvalue weighted by molar-refractivity contribution is -0.142. The van der Waals surface area contributed by atoms with E-state index in [-0.39, 0.29) is 12.4 Å². The Bertz CT molecular complexity index is 667. The Labute approximate surface area is 134 Å². The number of esters is 1. The van der Waals surface area contributed by atoms with Gasteiger partial charge in [0.05, 0.1) is 18.7 Å². The zero-order valence-corrected chi connectivity index (χ0v) is 13.6. The Morgan fingerprint density at radius 3 is 2.95 bits per heavy atom. The number of fused-ring (bicyclic) bond motifs is 1. The van der Waals surface area contributed by atoms with Gasteiger partial charge in [-0.05, 0) is 6.92 Å². The molecule has 2 aromatic rings. The van der Waals surface area contributed by atoms with Gasteiger partial charge in [0.15, 0.2) is 11.5 Å². The fourth-order valence-electron chi connectivity index (χ4n) is 1.92. The molecule has 0 unspecified atom stereocenters. The predicted molar refractivity (Wildman–Crippen MR) is 81.8 cm³/mol. The molecule has 2 aromatic heterocycles. The highest BCUT2D eigenvalue weighted by molar-refractivity contribution is 7.20. The van der Waals surface area contributed by atoms with Crippen LogP contribution in [0, 0.1) is 0 Å². The second kappa shape index (κ2) is 6.21. The van der Waals surface area contributed by atoms with Crippen molar-refractivity contribution in [2.75, 3.05) is 19.8 Å². The molecular formula is C13H12ClNO4S2. The number of rotatable bonds is 4. The summed E-state index contributed by atoms with van der Waals surface area (Å²) in [6.07, 6.45) is 0.178. The summed E-state index contributed by atoms with van der Waals surface area (Å²) in [5, 5.41) is 2.59. The Kier molecular flexibility index (Phi) is 4.32. The molecule has 0 saturated heterocycles. The molecule has 0 saturated carbocycles. The maximum absolute atomic E-state index is 11.5. The topological polar surface area (TPSA) is 57.7 Å². The van der Waals surface area contributed by atoms with Gasteiger partial charge in [-0.2, -0.15) is 0 Å². The van der Waals surface area contributed by atoms with E-state index in [1.165, 1.54) is 22.7 Å². The summed E-state index contributed by atoms with van der Waals surface area (Å²) < 4.78 is 16.6. The van der Waals surface area contributed by atoms with Crippen molar-refractivity contribution in [2.45, 2.75) is 13.3 Å². The highest BCUT2D eigenvalue weighted by Crippen LogP contribution is 2.51. The maximum atomic E-state index is 11.5. The van der Waals surface area contributed by atoms with Crippen molar-refractivity contribution in [3.8, 4) is 22.1 Å². The number of thiazole rings is 1. The molecule has 0 atom stereocenters. The summed E-state index contributed by atoms with van der Waals surface area (Å²) in [6.45, 7) is 3.14. The van der Waals surface area contributed by atoms with Crippen molar-refractivity contribution in [1.29, 1.82) is 0 Å². The molecule has 1 aliphatic heterocycles. The summed E-state index contributed by atoms with van der Waals surface area (Å²) in [6, 6.07) is 0. The van der Waals surface area contributed by atoms with E-state index in [9.17, 15) is 4.79 Å². The van der Waals surface area contributed by atoms with Crippen LogP contribution in [0.5, 0.6) is 11.5 Å². The molecule has 8 heteroatoms. The van der Waals surface area contributed by atoms with E-state index in [1.807, 2.05) is 5.38 Å². The summed E-state index contributed by atoms with van der Waals surface area (Å²) >= 11 is 8.94. The smallest absolute Gasteiger partial charge is 0.312 e. The summed E-state index contributed by atoms with van der Waals surface area (Å²) in [5.41, 5.74) is 0.748. The lowest BCUT2D eigenvalue weighted by Gasteiger charge is -2.15. The fourth-order valence-corrected chi connectivity index (χ4v) is 4.01. The van der Waals surface area contributed by atoms with Crippen molar-refractivity contribution in [3.63, 3.8) is 0 Å². The van der Waals surface area contributed by atoms with Gasteiger partial charge in [-0.1, -0.05) is 11.6 Å². The van der Waals surface area contributed by atoms with E-state index in [0.717, 1.165) is 10.6 Å². The summed E-state index contributed by atoms with van der Waals surface area (Å²) in [7, 11) is 0. The van der Waals surface area contributed by atoms with Gasteiger partial charge in [0.25, 0.3) is 0 Å². The minimum atomic E-state index is -0.274. The number of hydrogen-bond donors (Lipinski definition) is 0. The second-order valence-corrected chi connectivity index (χ2v) is 6.73. The first-order valence-corrected chi connectivity index (χ1v) is 8.44. The van der Waals surface area contributed by atoms with Crippen molar-refractivity contribution in [1.82, 2.24) is 4.98 Å². The van der Waals surface area contributed by atoms with Gasteiger partial charge in [0, 0.05) is 5.38 Å². The number of halogens is 1. The van der Waals surface area contributed by atoms with Crippen LogP contribution < -0.4 is 9.47 Å². The molecule has 0 aliphatic carbocycles. The lowest BCUT2D eigenvalue weighted by atomic mass is 10.3. The van der Waals surface area contributed by atoms with Crippen molar-refractivity contribution >= 4 is 40.2 Å². The minimum Gasteiger partial charge on any atom is -0.484 e. The normalized spacial score (nSPS) is 13.2. The fraction of sp³-hybridized carbons (Fsp3) is 0.385. The Morgan fingerprint density at radius 1 is 1.43 bits per heavy atom. The largest absolute Gasteiger partial charge is 0.484 e. The molecule has 5 nitrogen and oxygen atoms in total. The van der Waals surface area contributed by atoms with Gasteiger partial charge in [0.2, 0.25) is 0 Å². The lowest BCUT2D eigenvalue weighted by Crippen LogP contribution is -2.14. The molecule has 1 aliphatic rings. The van der Waals surface area contributed by atoms with E-state index < -0.39 is 0 Å². The molecule has 3 heterocycles. The van der Waals surface area contributed by atoms with Crippen molar-refractivity contribution in [3.05, 3.63) is 14.7 Å². The van der Waals surface area contributed by atoms with Crippen LogP contribution in [0.15, 0.2) is 5.38 Å². The van der Waals surface area contributed by atoms with Crippen LogP contribution in [0.25, 0.3) is 10.6 Å². The average Bonchev–Trinajstić information content (AvgIpc) is 3.05. The number of carbonyl (C=O) groups excluding carboxylic acids is 1. The minimum absolute atomic E-state index is 0.178. The van der Waals surface area contributed by atoms with Crippen LogP contribution in [0.1, 0.15) is 11.9 Å². The average molecular weight is 346 g/mol. The van der Waals surface area contributed by atoms with Crippen LogP contribution in [0.3, 0.4) is 0 Å². The molecule has 0 radical (unpaired) electrons. The molecule has 112 valence electrons. The summed E-state index contributed by atoms with van der Waals surface area (Å²) in [4.78, 5) is 16.8. The Morgan fingerprint density at radius 2 is 2.19 bits per heavy atom. The first-order chi connectivity index (χ1) is 10.2. The maximum Gasteiger partial charge on any atom is 0.312 e. The van der Waals surface area contributed by atoms with Gasteiger partial charge in [0.1, 0.15) is 27.4 Å². The molecular weight excluding hydrogens is 334 g/mol. The monoisotopic (exact) mass is 345 g/mol. The number of nitrogens with zero attached hydrogens (tertiary/aromatic N) is 1. The summed E-state index contributed by atoms with van der Waals surface area (Å²) in [5.74, 6) is 0.955. The highest BCUT2D eigenvalue weighted by atomic mass is 35.5. The third kappa shape index (κ3) is 3.00. The third-order valence-corrected chi connectivity index (χ3v) is 4.96. The molecule has 3 rings (SSSR count). The number of aromatic nitrogens is 1. The van der Waals surface area contributed by atoms with Crippen LogP contribution in [0.2, 0.25) is 4.34 Å². The third-order valence-electron chi connectivity index (χ3n) is 2.74. The zero-order chi connectivity index (χ0) is 14.8. The van der Waals surface area contributed by atoms with Crippen LogP contribution >= 0.6 is 34.3 Å². The molecule has 0 fully saturated rings. The molecule has 0 amide bonds. The zero-order valence-electron chi connectivity index (χ0n) is 11.2. The first kappa shape index (κ1) is 14.6. The SMILES string of the molecule is CCOC(=O)Cc1nc(-c2sc(Cl)c3c2OCCO3)cs1. The van der Waals surface area contributed by atoms with Crippen LogP contribution in [-0.4, -0.2) is 30.8 Å². The van der Waals surface area contributed by atoms with E-state index in [0.29, 0.717) is 40.7 Å². The van der Waals surface area contributed by atoms with E-state index >= 15 is 0 Å². The quantitative estimate of drug-likeness (QED) is 0.795. The number of carbonyl (C=O) groups is 1. The molecule has 21 heavy (non-hydrogen) atoms. The van der Waals surface area contributed by atoms with Crippen LogP contribution in [-0.2, 0) is 16.0 Å². The van der Waals surface area contributed by atoms with Gasteiger partial charge in [-0.3, -0.25) is 4.79 Å². The van der Waals surface area contributed by atoms with Gasteiger partial charge in [-0.15, -0.1) is 22.7 Å². The van der Waals surface area contributed by atoms with E-state index in [2.05, 4.69) is 4.98 Å². The van der Waals surface area contributed by atoms with E-state index in [1.54, 1.807) is 6.92 Å². The molecule has 0 aromatic carbocycles. The first-order valence-electron chi connectivity index (χ1n) is 6.37. The van der Waals surface area contributed by atoms with Gasteiger partial charge >= 0.3 is 5.97 Å². The van der Waals surface area contributed by atoms with Gasteiger partial charge in [-0.25, -0.2) is 4.98 Å².